The Balaban J connectivity index is 1.43. The number of ether oxygens (including phenoxy) is 1. The van der Waals surface area contributed by atoms with Crippen molar-refractivity contribution in [3.8, 4) is 0 Å². The van der Waals surface area contributed by atoms with Gasteiger partial charge in [0.2, 0.25) is 11.1 Å². The molecule has 1 aromatic carbocycles. The summed E-state index contributed by atoms with van der Waals surface area (Å²) in [4.78, 5) is 14.6. The second kappa shape index (κ2) is 10.1. The van der Waals surface area contributed by atoms with Crippen LogP contribution in [0.3, 0.4) is 0 Å². The summed E-state index contributed by atoms with van der Waals surface area (Å²) < 4.78 is 47.0. The smallest absolute Gasteiger partial charge is 0.376 e. The van der Waals surface area contributed by atoms with Crippen molar-refractivity contribution in [2.24, 2.45) is 0 Å². The first-order chi connectivity index (χ1) is 15.4. The number of benzene rings is 1. The van der Waals surface area contributed by atoms with Gasteiger partial charge in [0, 0.05) is 19.7 Å². The topological polar surface area (TPSA) is 85.2 Å². The number of carbonyl (C=O) groups excluding carboxylic acids is 1. The maximum atomic E-state index is 13.3. The zero-order valence-corrected chi connectivity index (χ0v) is 18.3. The van der Waals surface area contributed by atoms with Crippen molar-refractivity contribution in [1.82, 2.24) is 20.2 Å². The van der Waals surface area contributed by atoms with Gasteiger partial charge >= 0.3 is 6.18 Å². The zero-order chi connectivity index (χ0) is 22.6. The molecular weight excluding hydrogens is 445 g/mol. The van der Waals surface area contributed by atoms with Crippen molar-refractivity contribution < 1.29 is 22.7 Å². The molecule has 1 N–H and O–H groups in total. The van der Waals surface area contributed by atoms with Gasteiger partial charge in [0.05, 0.1) is 35.3 Å². The summed E-state index contributed by atoms with van der Waals surface area (Å²) in [6.45, 7) is 2.72. The highest BCUT2D eigenvalue weighted by molar-refractivity contribution is 7.99. The summed E-state index contributed by atoms with van der Waals surface area (Å²) in [5.74, 6) is -0.444. The predicted molar refractivity (Wildman–Crippen MR) is 114 cm³/mol. The van der Waals surface area contributed by atoms with E-state index in [2.05, 4.69) is 20.8 Å². The summed E-state index contributed by atoms with van der Waals surface area (Å²) in [6.07, 6.45) is 0.515. The van der Waals surface area contributed by atoms with Gasteiger partial charge in [-0.3, -0.25) is 4.79 Å². The van der Waals surface area contributed by atoms with Gasteiger partial charge in [0.15, 0.2) is 0 Å². The Kier molecular flexibility index (Phi) is 7.19. The van der Waals surface area contributed by atoms with E-state index in [-0.39, 0.29) is 17.5 Å². The molecule has 0 aliphatic carbocycles. The predicted octanol–water partition coefficient (Wildman–Crippen LogP) is 3.59. The Labute approximate surface area is 187 Å². The lowest BCUT2D eigenvalue weighted by Gasteiger charge is -2.31. The molecule has 2 aliphatic rings. The molecule has 4 rings (SSSR count). The van der Waals surface area contributed by atoms with Crippen molar-refractivity contribution >= 4 is 29.0 Å². The number of aromatic nitrogens is 4. The maximum absolute atomic E-state index is 13.3. The van der Waals surface area contributed by atoms with Gasteiger partial charge in [-0.2, -0.15) is 13.2 Å². The average Bonchev–Trinajstić information content (AvgIpc) is 3.45. The summed E-state index contributed by atoms with van der Waals surface area (Å²) in [6, 6.07) is 3.51. The van der Waals surface area contributed by atoms with Gasteiger partial charge in [0.25, 0.3) is 0 Å². The van der Waals surface area contributed by atoms with E-state index in [0.717, 1.165) is 69.1 Å². The van der Waals surface area contributed by atoms with Crippen LogP contribution in [0.5, 0.6) is 0 Å². The number of anilines is 2. The molecule has 1 unspecified atom stereocenters. The van der Waals surface area contributed by atoms with Gasteiger partial charge in [0.1, 0.15) is 0 Å². The van der Waals surface area contributed by atoms with Gasteiger partial charge in [-0.15, -0.1) is 5.10 Å². The number of piperidine rings is 1. The van der Waals surface area contributed by atoms with Crippen LogP contribution in [0.25, 0.3) is 0 Å². The van der Waals surface area contributed by atoms with Crippen LogP contribution in [0.2, 0.25) is 0 Å². The monoisotopic (exact) mass is 470 g/mol. The van der Waals surface area contributed by atoms with Crippen molar-refractivity contribution in [1.29, 1.82) is 0 Å². The van der Waals surface area contributed by atoms with Gasteiger partial charge in [-0.05, 0) is 60.7 Å². The molecule has 1 amide bonds. The number of rotatable bonds is 7. The summed E-state index contributed by atoms with van der Waals surface area (Å²) in [5.41, 5.74) is -0.00717. The van der Waals surface area contributed by atoms with Gasteiger partial charge < -0.3 is 15.0 Å². The van der Waals surface area contributed by atoms with Crippen molar-refractivity contribution in [2.75, 3.05) is 35.7 Å². The molecular formula is C20H25F3N6O2S. The number of hydrogen-bond acceptors (Lipinski definition) is 7. The van der Waals surface area contributed by atoms with Crippen LogP contribution in [0.15, 0.2) is 23.4 Å². The van der Waals surface area contributed by atoms with E-state index in [9.17, 15) is 18.0 Å². The molecule has 3 heterocycles. The lowest BCUT2D eigenvalue weighted by Crippen LogP contribution is -2.30. The number of halogens is 3. The van der Waals surface area contributed by atoms with E-state index in [1.807, 2.05) is 4.90 Å². The molecule has 32 heavy (non-hydrogen) atoms. The number of alkyl halides is 3. The molecule has 12 heteroatoms. The van der Waals surface area contributed by atoms with Gasteiger partial charge in [-0.1, -0.05) is 11.8 Å². The van der Waals surface area contributed by atoms with E-state index in [0.29, 0.717) is 24.0 Å². The van der Waals surface area contributed by atoms with Crippen LogP contribution in [-0.4, -0.2) is 57.7 Å². The standard InChI is InChI=1S/C20H25F3N6O2S/c21-20(22,23)14-6-7-17(28-8-2-1-3-9-28)16(11-14)24-18(30)13-32-19-25-26-27-29(19)12-15-5-4-10-31-15/h6-7,11,15H,1-5,8-10,12-13H2,(H,24,30). The summed E-state index contributed by atoms with van der Waals surface area (Å²) in [7, 11) is 0. The number of carbonyl (C=O) groups is 1. The number of nitrogens with zero attached hydrogens (tertiary/aromatic N) is 5. The highest BCUT2D eigenvalue weighted by Gasteiger charge is 2.32. The second-order valence-corrected chi connectivity index (χ2v) is 8.84. The minimum atomic E-state index is -4.49. The molecule has 174 valence electrons. The van der Waals surface area contributed by atoms with E-state index in [1.54, 1.807) is 4.68 Å². The SMILES string of the molecule is O=C(CSc1nnnn1CC1CCCO1)Nc1cc(C(F)(F)F)ccc1N1CCCCC1. The first-order valence-corrected chi connectivity index (χ1v) is 11.7. The lowest BCUT2D eigenvalue weighted by molar-refractivity contribution is -0.137. The third-order valence-corrected chi connectivity index (χ3v) is 6.48. The molecule has 0 radical (unpaired) electrons. The number of thioether (sulfide) groups is 1. The van der Waals surface area contributed by atoms with Crippen molar-refractivity contribution in [3.05, 3.63) is 23.8 Å². The zero-order valence-electron chi connectivity index (χ0n) is 17.5. The minimum Gasteiger partial charge on any atom is -0.376 e. The van der Waals surface area contributed by atoms with Crippen molar-refractivity contribution in [2.45, 2.75) is 56.1 Å². The molecule has 2 saturated heterocycles. The van der Waals surface area contributed by atoms with Crippen LogP contribution in [0.4, 0.5) is 24.5 Å². The highest BCUT2D eigenvalue weighted by Crippen LogP contribution is 2.36. The Morgan fingerprint density at radius 1 is 1.22 bits per heavy atom. The fourth-order valence-electron chi connectivity index (χ4n) is 3.94. The Bertz CT molecular complexity index is 926. The van der Waals surface area contributed by atoms with E-state index in [4.69, 9.17) is 4.74 Å². The molecule has 2 aliphatic heterocycles. The van der Waals surface area contributed by atoms with E-state index >= 15 is 0 Å². The third kappa shape index (κ3) is 5.71. The van der Waals surface area contributed by atoms with Crippen LogP contribution >= 0.6 is 11.8 Å². The number of tetrazole rings is 1. The Morgan fingerprint density at radius 2 is 2.03 bits per heavy atom. The lowest BCUT2D eigenvalue weighted by atomic mass is 10.1. The molecule has 0 saturated carbocycles. The molecule has 1 atom stereocenters. The van der Waals surface area contributed by atoms with Crippen LogP contribution in [0.1, 0.15) is 37.7 Å². The fourth-order valence-corrected chi connectivity index (χ4v) is 4.62. The molecule has 1 aromatic heterocycles. The third-order valence-electron chi connectivity index (χ3n) is 5.53. The first kappa shape index (κ1) is 22.8. The Hall–Kier alpha value is -2.34. The fraction of sp³-hybridized carbons (Fsp3) is 0.600. The van der Waals surface area contributed by atoms with Crippen LogP contribution in [-0.2, 0) is 22.3 Å². The second-order valence-electron chi connectivity index (χ2n) is 7.89. The average molecular weight is 471 g/mol. The molecule has 0 spiro atoms. The number of hydrogen-bond donors (Lipinski definition) is 1. The normalized spacial score (nSPS) is 19.3. The molecule has 0 bridgehead atoms. The molecule has 2 aromatic rings. The van der Waals surface area contributed by atoms with Gasteiger partial charge in [-0.25, -0.2) is 4.68 Å². The summed E-state index contributed by atoms with van der Waals surface area (Å²) >= 11 is 1.14. The van der Waals surface area contributed by atoms with Crippen molar-refractivity contribution in [3.63, 3.8) is 0 Å². The number of nitrogens with one attached hydrogen (secondary N) is 1. The highest BCUT2D eigenvalue weighted by atomic mass is 32.2. The Morgan fingerprint density at radius 3 is 2.75 bits per heavy atom. The maximum Gasteiger partial charge on any atom is 0.416 e. The van der Waals surface area contributed by atoms with Crippen LogP contribution < -0.4 is 10.2 Å². The minimum absolute atomic E-state index is 0.0262. The quantitative estimate of drug-likeness (QED) is 0.619. The number of amides is 1. The van der Waals surface area contributed by atoms with E-state index in [1.165, 1.54) is 6.07 Å². The molecule has 2 fully saturated rings. The molecule has 8 nitrogen and oxygen atoms in total. The van der Waals surface area contributed by atoms with E-state index < -0.39 is 17.6 Å². The van der Waals surface area contributed by atoms with Crippen LogP contribution in [0, 0.1) is 0 Å². The first-order valence-electron chi connectivity index (χ1n) is 10.7. The largest absolute Gasteiger partial charge is 0.416 e. The summed E-state index contributed by atoms with van der Waals surface area (Å²) in [5, 5.41) is 14.7.